The summed E-state index contributed by atoms with van der Waals surface area (Å²) < 4.78 is 1.66. The van der Waals surface area contributed by atoms with Gasteiger partial charge in [0.1, 0.15) is 0 Å². The molecule has 1 amide bonds. The number of carbonyl (C=O) groups is 1. The molecule has 106 valence electrons. The number of nitrogens with two attached hydrogens (primary N) is 1. The monoisotopic (exact) mass is 272 g/mol. The lowest BCUT2D eigenvalue weighted by atomic mass is 10.1. The summed E-state index contributed by atoms with van der Waals surface area (Å²) in [7, 11) is 3.61. The summed E-state index contributed by atoms with van der Waals surface area (Å²) in [5, 5.41) is 4.20. The maximum Gasteiger partial charge on any atom is 0.257 e. The minimum atomic E-state index is -0.0153. The normalized spacial score (nSPS) is 10.6. The smallest absolute Gasteiger partial charge is 0.257 e. The van der Waals surface area contributed by atoms with Crippen molar-refractivity contribution in [2.75, 3.05) is 7.05 Å². The summed E-state index contributed by atoms with van der Waals surface area (Å²) in [5.41, 5.74) is 9.14. The third-order valence-electron chi connectivity index (χ3n) is 3.27. The van der Waals surface area contributed by atoms with E-state index in [0.717, 1.165) is 16.8 Å². The molecule has 5 nitrogen and oxygen atoms in total. The number of rotatable bonds is 4. The van der Waals surface area contributed by atoms with Gasteiger partial charge in [0, 0.05) is 33.4 Å². The molecule has 0 saturated carbocycles. The fourth-order valence-corrected chi connectivity index (χ4v) is 2.14. The summed E-state index contributed by atoms with van der Waals surface area (Å²) in [4.78, 5) is 14.1. The van der Waals surface area contributed by atoms with Crippen LogP contribution in [-0.2, 0) is 20.1 Å². The molecule has 0 atom stereocenters. The van der Waals surface area contributed by atoms with Gasteiger partial charge in [-0.1, -0.05) is 24.3 Å². The van der Waals surface area contributed by atoms with Crippen molar-refractivity contribution in [2.45, 2.75) is 20.0 Å². The Hall–Kier alpha value is -2.14. The van der Waals surface area contributed by atoms with Crippen LogP contribution in [0, 0.1) is 6.92 Å². The average Bonchev–Trinajstić information content (AvgIpc) is 2.77. The van der Waals surface area contributed by atoms with E-state index in [-0.39, 0.29) is 5.91 Å². The SMILES string of the molecule is Cc1nn(C)cc1C(=O)N(C)Cc1ccc(CN)cc1. The third kappa shape index (κ3) is 3.05. The van der Waals surface area contributed by atoms with Gasteiger partial charge in [-0.05, 0) is 18.1 Å². The van der Waals surface area contributed by atoms with Crippen LogP contribution in [0.15, 0.2) is 30.5 Å². The average molecular weight is 272 g/mol. The van der Waals surface area contributed by atoms with Crippen LogP contribution in [-0.4, -0.2) is 27.6 Å². The number of benzene rings is 1. The maximum atomic E-state index is 12.4. The highest BCUT2D eigenvalue weighted by atomic mass is 16.2. The molecule has 0 saturated heterocycles. The van der Waals surface area contributed by atoms with Gasteiger partial charge in [0.2, 0.25) is 0 Å². The second-order valence-electron chi connectivity index (χ2n) is 4.98. The van der Waals surface area contributed by atoms with Crippen molar-refractivity contribution in [3.8, 4) is 0 Å². The van der Waals surface area contributed by atoms with Gasteiger partial charge >= 0.3 is 0 Å². The van der Waals surface area contributed by atoms with E-state index in [0.29, 0.717) is 18.7 Å². The zero-order valence-electron chi connectivity index (χ0n) is 12.1. The first-order chi connectivity index (χ1) is 9.51. The summed E-state index contributed by atoms with van der Waals surface area (Å²) in [6.07, 6.45) is 1.76. The molecule has 1 heterocycles. The van der Waals surface area contributed by atoms with E-state index in [1.807, 2.05) is 38.2 Å². The Balaban J connectivity index is 2.09. The van der Waals surface area contributed by atoms with Crippen molar-refractivity contribution in [1.82, 2.24) is 14.7 Å². The summed E-state index contributed by atoms with van der Waals surface area (Å²) in [6.45, 7) is 2.94. The zero-order chi connectivity index (χ0) is 14.7. The second-order valence-corrected chi connectivity index (χ2v) is 4.98. The van der Waals surface area contributed by atoms with E-state index in [4.69, 9.17) is 5.73 Å². The molecule has 1 aromatic heterocycles. The first-order valence-electron chi connectivity index (χ1n) is 6.55. The predicted octanol–water partition coefficient (Wildman–Crippen LogP) is 1.46. The third-order valence-corrected chi connectivity index (χ3v) is 3.27. The number of amides is 1. The lowest BCUT2D eigenvalue weighted by Gasteiger charge is -2.17. The Morgan fingerprint density at radius 2 is 1.90 bits per heavy atom. The Morgan fingerprint density at radius 3 is 2.40 bits per heavy atom. The second kappa shape index (κ2) is 5.88. The Kier molecular flexibility index (Phi) is 4.20. The van der Waals surface area contributed by atoms with Gasteiger partial charge in [0.15, 0.2) is 0 Å². The molecule has 20 heavy (non-hydrogen) atoms. The molecule has 0 fully saturated rings. The molecule has 2 aromatic rings. The van der Waals surface area contributed by atoms with E-state index in [2.05, 4.69) is 5.10 Å². The minimum Gasteiger partial charge on any atom is -0.337 e. The first kappa shape index (κ1) is 14.3. The van der Waals surface area contributed by atoms with E-state index >= 15 is 0 Å². The number of hydrogen-bond donors (Lipinski definition) is 1. The number of carbonyl (C=O) groups excluding carboxylic acids is 1. The Labute approximate surface area is 119 Å². The molecule has 0 aliphatic heterocycles. The quantitative estimate of drug-likeness (QED) is 0.916. The van der Waals surface area contributed by atoms with Gasteiger partial charge in [-0.2, -0.15) is 5.10 Å². The van der Waals surface area contributed by atoms with Crippen LogP contribution in [0.4, 0.5) is 0 Å². The van der Waals surface area contributed by atoms with Crippen LogP contribution in [0.3, 0.4) is 0 Å². The van der Waals surface area contributed by atoms with Crippen LogP contribution in [0.1, 0.15) is 27.2 Å². The Morgan fingerprint density at radius 1 is 1.30 bits per heavy atom. The van der Waals surface area contributed by atoms with Gasteiger partial charge in [-0.3, -0.25) is 9.48 Å². The summed E-state index contributed by atoms with van der Waals surface area (Å²) in [6, 6.07) is 7.98. The summed E-state index contributed by atoms with van der Waals surface area (Å²) >= 11 is 0. The largest absolute Gasteiger partial charge is 0.337 e. The molecule has 0 aliphatic rings. The maximum absolute atomic E-state index is 12.4. The highest BCUT2D eigenvalue weighted by Gasteiger charge is 2.16. The molecule has 2 rings (SSSR count). The van der Waals surface area contributed by atoms with Gasteiger partial charge in [-0.15, -0.1) is 0 Å². The molecular formula is C15H20N4O. The number of aromatic nitrogens is 2. The predicted molar refractivity (Wildman–Crippen MR) is 78.1 cm³/mol. The van der Waals surface area contributed by atoms with Crippen molar-refractivity contribution in [3.63, 3.8) is 0 Å². The lowest BCUT2D eigenvalue weighted by molar-refractivity contribution is 0.0784. The van der Waals surface area contributed by atoms with Crippen molar-refractivity contribution >= 4 is 5.91 Å². The fraction of sp³-hybridized carbons (Fsp3) is 0.333. The van der Waals surface area contributed by atoms with Crippen molar-refractivity contribution < 1.29 is 4.79 Å². The van der Waals surface area contributed by atoms with Crippen LogP contribution in [0.5, 0.6) is 0 Å². The standard InChI is InChI=1S/C15H20N4O/c1-11-14(10-19(3)17-11)15(20)18(2)9-13-6-4-12(8-16)5-7-13/h4-7,10H,8-9,16H2,1-3H3. The van der Waals surface area contributed by atoms with Crippen molar-refractivity contribution in [1.29, 1.82) is 0 Å². The van der Waals surface area contributed by atoms with Gasteiger partial charge in [0.25, 0.3) is 5.91 Å². The highest BCUT2D eigenvalue weighted by Crippen LogP contribution is 2.11. The van der Waals surface area contributed by atoms with Gasteiger partial charge in [0.05, 0.1) is 11.3 Å². The van der Waals surface area contributed by atoms with Gasteiger partial charge in [-0.25, -0.2) is 0 Å². The van der Waals surface area contributed by atoms with Crippen molar-refractivity contribution in [3.05, 3.63) is 52.8 Å². The van der Waals surface area contributed by atoms with Crippen LogP contribution in [0.2, 0.25) is 0 Å². The number of nitrogens with zero attached hydrogens (tertiary/aromatic N) is 3. The van der Waals surface area contributed by atoms with E-state index in [1.54, 1.807) is 22.8 Å². The van der Waals surface area contributed by atoms with Gasteiger partial charge < -0.3 is 10.6 Å². The first-order valence-corrected chi connectivity index (χ1v) is 6.55. The molecule has 0 aliphatic carbocycles. The molecule has 1 aromatic carbocycles. The minimum absolute atomic E-state index is 0.0153. The molecule has 0 radical (unpaired) electrons. The number of hydrogen-bond acceptors (Lipinski definition) is 3. The molecular weight excluding hydrogens is 252 g/mol. The molecule has 0 bridgehead atoms. The Bertz CT molecular complexity index is 601. The van der Waals surface area contributed by atoms with Crippen molar-refractivity contribution in [2.24, 2.45) is 12.8 Å². The molecule has 2 N–H and O–H groups in total. The zero-order valence-corrected chi connectivity index (χ0v) is 12.1. The number of aryl methyl sites for hydroxylation is 2. The van der Waals surface area contributed by atoms with Crippen LogP contribution < -0.4 is 5.73 Å². The fourth-order valence-electron chi connectivity index (χ4n) is 2.14. The van der Waals surface area contributed by atoms with E-state index in [1.165, 1.54) is 0 Å². The van der Waals surface area contributed by atoms with Crippen LogP contribution in [0.25, 0.3) is 0 Å². The summed E-state index contributed by atoms with van der Waals surface area (Å²) in [5.74, 6) is -0.0153. The highest BCUT2D eigenvalue weighted by molar-refractivity contribution is 5.94. The van der Waals surface area contributed by atoms with E-state index in [9.17, 15) is 4.79 Å². The van der Waals surface area contributed by atoms with Crippen LogP contribution >= 0.6 is 0 Å². The molecule has 0 unspecified atom stereocenters. The van der Waals surface area contributed by atoms with E-state index < -0.39 is 0 Å². The lowest BCUT2D eigenvalue weighted by Crippen LogP contribution is -2.26. The molecule has 0 spiro atoms. The molecule has 5 heteroatoms. The topological polar surface area (TPSA) is 64.2 Å².